The van der Waals surface area contributed by atoms with Gasteiger partial charge in [0.05, 0.1) is 12.2 Å². The molecule has 0 fully saturated rings. The molecule has 0 saturated heterocycles. The summed E-state index contributed by atoms with van der Waals surface area (Å²) < 4.78 is 38.5. The molecule has 0 aliphatic carbocycles. The molecule has 0 unspecified atom stereocenters. The molecule has 0 aliphatic rings. The average molecular weight is 379 g/mol. The van der Waals surface area contributed by atoms with E-state index < -0.39 is 11.6 Å². The Hall–Kier alpha value is -3.39. The van der Waals surface area contributed by atoms with E-state index in [4.69, 9.17) is 14.7 Å². The number of hydrogen-bond acceptors (Lipinski definition) is 3. The highest BCUT2D eigenvalue weighted by Gasteiger charge is 2.14. The van der Waals surface area contributed by atoms with Crippen molar-refractivity contribution in [2.24, 2.45) is 0 Å². The van der Waals surface area contributed by atoms with Gasteiger partial charge in [-0.3, -0.25) is 0 Å². The van der Waals surface area contributed by atoms with Crippen LogP contribution in [0.2, 0.25) is 0 Å². The number of rotatable bonds is 7. The van der Waals surface area contributed by atoms with Crippen LogP contribution in [-0.4, -0.2) is 6.61 Å². The second-order valence-electron chi connectivity index (χ2n) is 6.21. The van der Waals surface area contributed by atoms with Crippen molar-refractivity contribution in [3.8, 4) is 28.7 Å². The Kier molecular flexibility index (Phi) is 6.23. The Morgan fingerprint density at radius 1 is 0.821 bits per heavy atom. The van der Waals surface area contributed by atoms with Gasteiger partial charge in [0, 0.05) is 0 Å². The van der Waals surface area contributed by atoms with Crippen LogP contribution in [-0.2, 0) is 6.61 Å². The van der Waals surface area contributed by atoms with Gasteiger partial charge in [-0.05, 0) is 47.4 Å². The molecule has 5 heteroatoms. The van der Waals surface area contributed by atoms with Crippen molar-refractivity contribution in [3.05, 3.63) is 83.4 Å². The first-order valence-electron chi connectivity index (χ1n) is 8.95. The maximum atomic E-state index is 13.9. The molecule has 3 rings (SSSR count). The fourth-order valence-electron chi connectivity index (χ4n) is 2.65. The molecule has 0 aliphatic heterocycles. The second kappa shape index (κ2) is 9.01. The maximum Gasteiger partial charge on any atom is 0.202 e. The average Bonchev–Trinajstić information content (AvgIpc) is 2.74. The molecule has 3 aromatic carbocycles. The quantitative estimate of drug-likeness (QED) is 0.515. The first-order valence-corrected chi connectivity index (χ1v) is 8.95. The van der Waals surface area contributed by atoms with E-state index in [1.165, 1.54) is 12.1 Å². The largest absolute Gasteiger partial charge is 0.494 e. The van der Waals surface area contributed by atoms with Gasteiger partial charge in [0.25, 0.3) is 0 Å². The van der Waals surface area contributed by atoms with Gasteiger partial charge in [-0.15, -0.1) is 0 Å². The molecule has 0 radical (unpaired) electrons. The number of ether oxygens (including phenoxy) is 2. The summed E-state index contributed by atoms with van der Waals surface area (Å²) in [5.41, 5.74) is 2.55. The third-order valence-corrected chi connectivity index (χ3v) is 4.18. The summed E-state index contributed by atoms with van der Waals surface area (Å²) in [6.45, 7) is 2.84. The van der Waals surface area contributed by atoms with Gasteiger partial charge in [-0.1, -0.05) is 43.3 Å². The summed E-state index contributed by atoms with van der Waals surface area (Å²) in [5, 5.41) is 8.71. The minimum atomic E-state index is -1.19. The van der Waals surface area contributed by atoms with Gasteiger partial charge in [0.15, 0.2) is 11.6 Å². The molecule has 0 bridgehead atoms. The molecule has 3 nitrogen and oxygen atoms in total. The monoisotopic (exact) mass is 379 g/mol. The predicted octanol–water partition coefficient (Wildman–Crippen LogP) is 5.87. The van der Waals surface area contributed by atoms with Crippen molar-refractivity contribution in [1.29, 1.82) is 5.26 Å². The standard InChI is InChI=1S/C23H19F2NO2/c1-2-13-27-20-10-7-18(8-11-20)17-5-3-16(4-6-17)15-28-21-12-9-19(14-26)22(24)23(21)25/h3-12H,2,13,15H2,1H3. The van der Waals surface area contributed by atoms with E-state index in [0.717, 1.165) is 28.9 Å². The van der Waals surface area contributed by atoms with E-state index in [1.807, 2.05) is 48.5 Å². The lowest BCUT2D eigenvalue weighted by molar-refractivity contribution is 0.284. The van der Waals surface area contributed by atoms with Crippen LogP contribution in [0.25, 0.3) is 11.1 Å². The zero-order chi connectivity index (χ0) is 19.9. The molecule has 142 valence electrons. The van der Waals surface area contributed by atoms with Crippen LogP contribution in [0.3, 0.4) is 0 Å². The van der Waals surface area contributed by atoms with Crippen LogP contribution in [0.5, 0.6) is 11.5 Å². The number of halogens is 2. The van der Waals surface area contributed by atoms with Crippen molar-refractivity contribution in [2.75, 3.05) is 6.61 Å². The lowest BCUT2D eigenvalue weighted by atomic mass is 10.0. The minimum Gasteiger partial charge on any atom is -0.494 e. The fraction of sp³-hybridized carbons (Fsp3) is 0.174. The molecule has 0 heterocycles. The Balaban J connectivity index is 1.65. The zero-order valence-corrected chi connectivity index (χ0v) is 15.4. The Morgan fingerprint density at radius 3 is 2.07 bits per heavy atom. The van der Waals surface area contributed by atoms with Gasteiger partial charge in [-0.25, -0.2) is 4.39 Å². The topological polar surface area (TPSA) is 42.2 Å². The summed E-state index contributed by atoms with van der Waals surface area (Å²) in [5.74, 6) is -1.72. The van der Waals surface area contributed by atoms with Gasteiger partial charge in [0.2, 0.25) is 5.82 Å². The smallest absolute Gasteiger partial charge is 0.202 e. The third kappa shape index (κ3) is 4.47. The van der Waals surface area contributed by atoms with E-state index in [1.54, 1.807) is 6.07 Å². The predicted molar refractivity (Wildman–Crippen MR) is 103 cm³/mol. The van der Waals surface area contributed by atoms with E-state index in [2.05, 4.69) is 6.92 Å². The molecule has 0 amide bonds. The molecule has 28 heavy (non-hydrogen) atoms. The number of benzene rings is 3. The summed E-state index contributed by atoms with van der Waals surface area (Å²) in [6, 6.07) is 19.5. The summed E-state index contributed by atoms with van der Waals surface area (Å²) in [7, 11) is 0. The lowest BCUT2D eigenvalue weighted by Gasteiger charge is -2.10. The molecular formula is C23H19F2NO2. The Morgan fingerprint density at radius 2 is 1.46 bits per heavy atom. The number of hydrogen-bond donors (Lipinski definition) is 0. The van der Waals surface area contributed by atoms with Crippen molar-refractivity contribution in [1.82, 2.24) is 0 Å². The first-order chi connectivity index (χ1) is 13.6. The highest BCUT2D eigenvalue weighted by Crippen LogP contribution is 2.25. The number of nitrogens with zero attached hydrogens (tertiary/aromatic N) is 1. The van der Waals surface area contributed by atoms with Crippen LogP contribution in [0.4, 0.5) is 8.78 Å². The Bertz CT molecular complexity index is 977. The normalized spacial score (nSPS) is 10.4. The van der Waals surface area contributed by atoms with Crippen LogP contribution in [0, 0.1) is 23.0 Å². The van der Waals surface area contributed by atoms with E-state index >= 15 is 0 Å². The molecule has 0 aromatic heterocycles. The molecule has 0 atom stereocenters. The highest BCUT2D eigenvalue weighted by atomic mass is 19.2. The van der Waals surface area contributed by atoms with Crippen LogP contribution >= 0.6 is 0 Å². The summed E-state index contributed by atoms with van der Waals surface area (Å²) in [6.07, 6.45) is 0.963. The van der Waals surface area contributed by atoms with Crippen LogP contribution in [0.1, 0.15) is 24.5 Å². The van der Waals surface area contributed by atoms with Crippen molar-refractivity contribution in [2.45, 2.75) is 20.0 Å². The maximum absolute atomic E-state index is 13.9. The molecule has 0 saturated carbocycles. The zero-order valence-electron chi connectivity index (χ0n) is 15.4. The van der Waals surface area contributed by atoms with Crippen molar-refractivity contribution >= 4 is 0 Å². The fourth-order valence-corrected chi connectivity index (χ4v) is 2.65. The molecule has 3 aromatic rings. The Labute approximate surface area is 162 Å². The van der Waals surface area contributed by atoms with Crippen molar-refractivity contribution in [3.63, 3.8) is 0 Å². The molecule has 0 spiro atoms. The third-order valence-electron chi connectivity index (χ3n) is 4.18. The minimum absolute atomic E-state index is 0.0896. The van der Waals surface area contributed by atoms with Gasteiger partial charge < -0.3 is 9.47 Å². The van der Waals surface area contributed by atoms with Crippen LogP contribution < -0.4 is 9.47 Å². The van der Waals surface area contributed by atoms with Crippen molar-refractivity contribution < 1.29 is 18.3 Å². The van der Waals surface area contributed by atoms with E-state index in [0.29, 0.717) is 6.61 Å². The number of nitriles is 1. The van der Waals surface area contributed by atoms with Gasteiger partial charge >= 0.3 is 0 Å². The lowest BCUT2D eigenvalue weighted by Crippen LogP contribution is -2.00. The summed E-state index contributed by atoms with van der Waals surface area (Å²) >= 11 is 0. The molecule has 0 N–H and O–H groups in total. The van der Waals surface area contributed by atoms with Gasteiger partial charge in [-0.2, -0.15) is 9.65 Å². The SMILES string of the molecule is CCCOc1ccc(-c2ccc(COc3ccc(C#N)c(F)c3F)cc2)cc1. The molecular weight excluding hydrogens is 360 g/mol. The van der Waals surface area contributed by atoms with Crippen LogP contribution in [0.15, 0.2) is 60.7 Å². The first kappa shape index (κ1) is 19.4. The van der Waals surface area contributed by atoms with E-state index in [-0.39, 0.29) is 17.9 Å². The second-order valence-corrected chi connectivity index (χ2v) is 6.21. The van der Waals surface area contributed by atoms with Gasteiger partial charge in [0.1, 0.15) is 18.4 Å². The summed E-state index contributed by atoms with van der Waals surface area (Å²) in [4.78, 5) is 0. The highest BCUT2D eigenvalue weighted by molar-refractivity contribution is 5.64. The van der Waals surface area contributed by atoms with E-state index in [9.17, 15) is 8.78 Å².